The number of unbranched alkanes of at least 4 members (excludes halogenated alkanes) is 20. The van der Waals surface area contributed by atoms with Crippen LogP contribution in [0.3, 0.4) is 0 Å². The molecule has 0 aromatic heterocycles. The second-order valence-corrected chi connectivity index (χ2v) is 14.6. The second kappa shape index (κ2) is 42.1. The molecule has 0 spiro atoms. The molecule has 0 bridgehead atoms. The second-order valence-electron chi connectivity index (χ2n) is 14.6. The van der Waals surface area contributed by atoms with Gasteiger partial charge < -0.3 is 14.2 Å². The summed E-state index contributed by atoms with van der Waals surface area (Å²) in [4.78, 5) is 37.6. The van der Waals surface area contributed by atoms with E-state index < -0.39 is 6.10 Å². The first kappa shape index (κ1) is 50.4. The Balaban J connectivity index is 4.42. The van der Waals surface area contributed by atoms with Crippen molar-refractivity contribution in [3.63, 3.8) is 0 Å². The van der Waals surface area contributed by atoms with Crippen LogP contribution in [0.5, 0.6) is 0 Å². The van der Waals surface area contributed by atoms with Crippen LogP contribution in [0, 0.1) is 0 Å². The average Bonchev–Trinajstić information content (AvgIpc) is 3.15. The fourth-order valence-corrected chi connectivity index (χ4v) is 5.89. The molecule has 0 aromatic carbocycles. The van der Waals surface area contributed by atoms with Gasteiger partial charge in [0.1, 0.15) is 13.2 Å². The van der Waals surface area contributed by atoms with Crippen LogP contribution in [0.15, 0.2) is 48.6 Å². The van der Waals surface area contributed by atoms with Gasteiger partial charge in [0.15, 0.2) is 6.10 Å². The van der Waals surface area contributed by atoms with Crippen molar-refractivity contribution in [3.05, 3.63) is 48.6 Å². The molecule has 0 aromatic rings. The molecule has 0 aliphatic rings. The Kier molecular flexibility index (Phi) is 40.0. The summed E-state index contributed by atoms with van der Waals surface area (Å²) in [5, 5.41) is 0. The van der Waals surface area contributed by atoms with Gasteiger partial charge in [-0.15, -0.1) is 0 Å². The zero-order valence-corrected chi connectivity index (χ0v) is 34.8. The highest BCUT2D eigenvalue weighted by atomic mass is 16.6. The summed E-state index contributed by atoms with van der Waals surface area (Å²) in [5.74, 6) is -0.924. The number of esters is 3. The first-order valence-electron chi connectivity index (χ1n) is 22.1. The molecule has 1 atom stereocenters. The maximum absolute atomic E-state index is 12.7. The molecular weight excluding hydrogens is 661 g/mol. The predicted octanol–water partition coefficient (Wildman–Crippen LogP) is 14.0. The molecule has 306 valence electrons. The van der Waals surface area contributed by atoms with Crippen LogP contribution in [-0.4, -0.2) is 37.2 Å². The molecule has 0 amide bonds. The first-order chi connectivity index (χ1) is 26.0. The summed E-state index contributed by atoms with van der Waals surface area (Å²) in [7, 11) is 0. The van der Waals surface area contributed by atoms with Crippen LogP contribution in [0.25, 0.3) is 0 Å². The van der Waals surface area contributed by atoms with Gasteiger partial charge in [-0.2, -0.15) is 0 Å². The molecule has 0 heterocycles. The molecule has 53 heavy (non-hydrogen) atoms. The third-order valence-corrected chi connectivity index (χ3v) is 9.24. The zero-order chi connectivity index (χ0) is 38.7. The van der Waals surface area contributed by atoms with E-state index in [1.165, 1.54) is 64.2 Å². The fraction of sp³-hybridized carbons (Fsp3) is 0.766. The SMILES string of the molecule is CCC/C=C\C/C=C\CCCCCCCC(=O)OCC(COC(=O)CCCCCCC/C=C\CCC)OC(=O)CCCCCCC/C=C\CCCCC. The van der Waals surface area contributed by atoms with E-state index in [9.17, 15) is 14.4 Å². The molecule has 1 unspecified atom stereocenters. The third kappa shape index (κ3) is 40.4. The highest BCUT2D eigenvalue weighted by molar-refractivity contribution is 5.71. The number of carbonyl (C=O) groups excluding carboxylic acids is 3. The van der Waals surface area contributed by atoms with Crippen molar-refractivity contribution in [1.82, 2.24) is 0 Å². The lowest BCUT2D eigenvalue weighted by Gasteiger charge is -2.18. The molecule has 0 saturated carbocycles. The molecule has 0 aliphatic carbocycles. The predicted molar refractivity (Wildman–Crippen MR) is 224 cm³/mol. The van der Waals surface area contributed by atoms with E-state index >= 15 is 0 Å². The van der Waals surface area contributed by atoms with Crippen LogP contribution in [-0.2, 0) is 28.6 Å². The normalized spacial score (nSPS) is 12.4. The maximum Gasteiger partial charge on any atom is 0.306 e. The van der Waals surface area contributed by atoms with Crippen LogP contribution < -0.4 is 0 Å². The highest BCUT2D eigenvalue weighted by Gasteiger charge is 2.19. The average molecular weight is 743 g/mol. The maximum atomic E-state index is 12.7. The molecule has 0 N–H and O–H groups in total. The first-order valence-corrected chi connectivity index (χ1v) is 22.1. The molecule has 0 radical (unpaired) electrons. The lowest BCUT2D eigenvalue weighted by molar-refractivity contribution is -0.167. The van der Waals surface area contributed by atoms with Crippen molar-refractivity contribution in [2.75, 3.05) is 13.2 Å². The largest absolute Gasteiger partial charge is 0.462 e. The molecule has 0 saturated heterocycles. The fourth-order valence-electron chi connectivity index (χ4n) is 5.89. The van der Waals surface area contributed by atoms with Gasteiger partial charge in [0.05, 0.1) is 0 Å². The van der Waals surface area contributed by atoms with E-state index in [1.807, 2.05) is 0 Å². The van der Waals surface area contributed by atoms with E-state index in [4.69, 9.17) is 14.2 Å². The van der Waals surface area contributed by atoms with Crippen molar-refractivity contribution >= 4 is 17.9 Å². The molecule has 6 nitrogen and oxygen atoms in total. The Morgan fingerprint density at radius 3 is 1.15 bits per heavy atom. The van der Waals surface area contributed by atoms with E-state index in [1.54, 1.807) is 0 Å². The van der Waals surface area contributed by atoms with Crippen molar-refractivity contribution in [3.8, 4) is 0 Å². The number of hydrogen-bond acceptors (Lipinski definition) is 6. The van der Waals surface area contributed by atoms with Gasteiger partial charge >= 0.3 is 17.9 Å². The van der Waals surface area contributed by atoms with Crippen LogP contribution in [0.1, 0.15) is 213 Å². The Morgan fingerprint density at radius 2 is 0.717 bits per heavy atom. The number of hydrogen-bond donors (Lipinski definition) is 0. The Hall–Kier alpha value is -2.63. The molecule has 0 aliphatic heterocycles. The van der Waals surface area contributed by atoms with Crippen molar-refractivity contribution < 1.29 is 28.6 Å². The van der Waals surface area contributed by atoms with Gasteiger partial charge in [-0.25, -0.2) is 0 Å². The number of allylic oxidation sites excluding steroid dienone is 8. The van der Waals surface area contributed by atoms with E-state index in [-0.39, 0.29) is 31.1 Å². The highest BCUT2D eigenvalue weighted by Crippen LogP contribution is 2.13. The minimum Gasteiger partial charge on any atom is -0.462 e. The zero-order valence-electron chi connectivity index (χ0n) is 34.8. The molecule has 6 heteroatoms. The Morgan fingerprint density at radius 1 is 0.377 bits per heavy atom. The summed E-state index contributed by atoms with van der Waals surface area (Å²) in [6, 6.07) is 0. The van der Waals surface area contributed by atoms with Gasteiger partial charge in [0.2, 0.25) is 0 Å². The van der Waals surface area contributed by atoms with Gasteiger partial charge in [-0.1, -0.05) is 153 Å². The van der Waals surface area contributed by atoms with Crippen LogP contribution in [0.4, 0.5) is 0 Å². The smallest absolute Gasteiger partial charge is 0.306 e. The lowest BCUT2D eigenvalue weighted by Crippen LogP contribution is -2.30. The third-order valence-electron chi connectivity index (χ3n) is 9.24. The summed E-state index contributed by atoms with van der Waals surface area (Å²) < 4.78 is 16.6. The van der Waals surface area contributed by atoms with Gasteiger partial charge in [0, 0.05) is 19.3 Å². The molecule has 0 rings (SSSR count). The minimum atomic E-state index is -0.782. The number of ether oxygens (including phenoxy) is 3. The van der Waals surface area contributed by atoms with Gasteiger partial charge in [-0.3, -0.25) is 14.4 Å². The summed E-state index contributed by atoms with van der Waals surface area (Å²) in [6.07, 6.45) is 48.0. The standard InChI is InChI=1S/C47H82O6/c1-4-7-10-13-16-19-22-24-26-28-31-34-37-40-46(49)52-43-44(42-51-45(48)39-36-33-30-27-21-18-15-12-9-6-3)53-47(50)41-38-35-32-29-25-23-20-17-14-11-8-5-2/h10,12-13,15,17,19-20,22,44H,4-9,11,14,16,18,21,23-43H2,1-3H3/b13-10-,15-12-,20-17-,22-19-. The van der Waals surface area contributed by atoms with E-state index in [0.717, 1.165) is 109 Å². The van der Waals surface area contributed by atoms with Crippen molar-refractivity contribution in [2.24, 2.45) is 0 Å². The van der Waals surface area contributed by atoms with Gasteiger partial charge in [0.25, 0.3) is 0 Å². The monoisotopic (exact) mass is 743 g/mol. The Bertz CT molecular complexity index is 949. The number of carbonyl (C=O) groups is 3. The summed E-state index contributed by atoms with van der Waals surface area (Å²) in [6.45, 7) is 6.44. The van der Waals surface area contributed by atoms with Gasteiger partial charge in [-0.05, 0) is 89.9 Å². The van der Waals surface area contributed by atoms with Crippen LogP contribution >= 0.6 is 0 Å². The molecule has 0 fully saturated rings. The Labute approximate surface area is 327 Å². The minimum absolute atomic E-state index is 0.0859. The van der Waals surface area contributed by atoms with E-state index in [0.29, 0.717) is 19.3 Å². The lowest BCUT2D eigenvalue weighted by atomic mass is 10.1. The quantitative estimate of drug-likeness (QED) is 0.0270. The van der Waals surface area contributed by atoms with Crippen molar-refractivity contribution in [1.29, 1.82) is 0 Å². The topological polar surface area (TPSA) is 78.9 Å². The number of rotatable bonds is 39. The van der Waals surface area contributed by atoms with Crippen molar-refractivity contribution in [2.45, 2.75) is 219 Å². The summed E-state index contributed by atoms with van der Waals surface area (Å²) >= 11 is 0. The molecular formula is C47H82O6. The van der Waals surface area contributed by atoms with E-state index in [2.05, 4.69) is 69.4 Å². The summed E-state index contributed by atoms with van der Waals surface area (Å²) in [5.41, 5.74) is 0. The van der Waals surface area contributed by atoms with Crippen LogP contribution in [0.2, 0.25) is 0 Å².